The predicted molar refractivity (Wildman–Crippen MR) is 86.0 cm³/mol. The minimum Gasteiger partial charge on any atom is -0.506 e. The number of rotatable bonds is 2. The average molecular weight is 282 g/mol. The zero-order valence-corrected chi connectivity index (χ0v) is 11.8. The molecule has 4 heteroatoms. The first-order valence-electron chi connectivity index (χ1n) is 6.28. The lowest BCUT2D eigenvalue weighted by Crippen LogP contribution is -2.08. The highest BCUT2D eigenvalue weighted by Crippen LogP contribution is 2.34. The molecule has 1 heterocycles. The molecule has 0 spiro atoms. The van der Waals surface area contributed by atoms with Crippen molar-refractivity contribution in [3.05, 3.63) is 53.7 Å². The van der Waals surface area contributed by atoms with E-state index in [-0.39, 0.29) is 5.75 Å². The summed E-state index contributed by atoms with van der Waals surface area (Å²) in [5.41, 5.74) is 10.4. The van der Waals surface area contributed by atoms with Gasteiger partial charge < -0.3 is 15.8 Å². The van der Waals surface area contributed by atoms with Crippen LogP contribution in [0.2, 0.25) is 0 Å². The number of aromatic hydroxyl groups is 1. The number of aromatic nitrogens is 1. The largest absolute Gasteiger partial charge is 0.506 e. The van der Waals surface area contributed by atoms with E-state index in [4.69, 9.17) is 18.0 Å². The van der Waals surface area contributed by atoms with Gasteiger partial charge in [0, 0.05) is 16.6 Å². The Morgan fingerprint density at radius 1 is 1.20 bits per heavy atom. The molecule has 0 fully saturated rings. The number of aryl methyl sites for hydroxylation is 1. The second-order valence-electron chi connectivity index (χ2n) is 4.82. The van der Waals surface area contributed by atoms with E-state index in [2.05, 4.69) is 4.98 Å². The summed E-state index contributed by atoms with van der Waals surface area (Å²) in [7, 11) is 0. The number of nitrogens with one attached hydrogen (secondary N) is 1. The number of phenolic OH excluding ortho intramolecular Hbond substituents is 1. The fraction of sp³-hybridized carbons (Fsp3) is 0.0625. The number of hydrogen-bond acceptors (Lipinski definition) is 2. The van der Waals surface area contributed by atoms with Gasteiger partial charge >= 0.3 is 0 Å². The summed E-state index contributed by atoms with van der Waals surface area (Å²) >= 11 is 5.02. The van der Waals surface area contributed by atoms with Gasteiger partial charge in [-0.3, -0.25) is 0 Å². The number of nitrogens with two attached hydrogens (primary N) is 1. The van der Waals surface area contributed by atoms with Crippen molar-refractivity contribution in [2.24, 2.45) is 5.73 Å². The molecule has 0 radical (unpaired) electrons. The van der Waals surface area contributed by atoms with Gasteiger partial charge in [0.1, 0.15) is 10.7 Å². The molecule has 0 bridgehead atoms. The normalized spacial score (nSPS) is 10.8. The molecule has 2 aromatic carbocycles. The van der Waals surface area contributed by atoms with Crippen LogP contribution >= 0.6 is 12.2 Å². The predicted octanol–water partition coefficient (Wildman–Crippen LogP) is 3.48. The molecule has 0 unspecified atom stereocenters. The molecule has 3 rings (SSSR count). The number of phenols is 1. The lowest BCUT2D eigenvalue weighted by molar-refractivity contribution is 0.480. The summed E-state index contributed by atoms with van der Waals surface area (Å²) in [6.45, 7) is 1.97. The molecule has 100 valence electrons. The molecule has 0 saturated heterocycles. The highest BCUT2D eigenvalue weighted by atomic mass is 32.1. The third-order valence-electron chi connectivity index (χ3n) is 3.36. The third-order valence-corrected chi connectivity index (χ3v) is 3.60. The van der Waals surface area contributed by atoms with Crippen molar-refractivity contribution in [3.63, 3.8) is 0 Å². The second kappa shape index (κ2) is 4.65. The van der Waals surface area contributed by atoms with Gasteiger partial charge in [-0.25, -0.2) is 0 Å². The monoisotopic (exact) mass is 282 g/mol. The van der Waals surface area contributed by atoms with E-state index in [0.717, 1.165) is 33.3 Å². The maximum absolute atomic E-state index is 9.93. The molecule has 3 aromatic rings. The smallest absolute Gasteiger partial charge is 0.139 e. The lowest BCUT2D eigenvalue weighted by Gasteiger charge is -2.07. The Labute approximate surface area is 122 Å². The first-order chi connectivity index (χ1) is 9.56. The van der Waals surface area contributed by atoms with Gasteiger partial charge in [-0.2, -0.15) is 0 Å². The van der Waals surface area contributed by atoms with Crippen molar-refractivity contribution in [3.8, 4) is 16.9 Å². The molecule has 0 aliphatic rings. The lowest BCUT2D eigenvalue weighted by atomic mass is 9.99. The molecule has 1 aromatic heterocycles. The van der Waals surface area contributed by atoms with Crippen molar-refractivity contribution in [1.29, 1.82) is 0 Å². The Morgan fingerprint density at radius 3 is 2.75 bits per heavy atom. The molecule has 0 amide bonds. The van der Waals surface area contributed by atoms with Crippen molar-refractivity contribution >= 4 is 28.1 Å². The van der Waals surface area contributed by atoms with Gasteiger partial charge in [0.2, 0.25) is 0 Å². The van der Waals surface area contributed by atoms with E-state index < -0.39 is 0 Å². The van der Waals surface area contributed by atoms with Gasteiger partial charge in [0.05, 0.1) is 5.52 Å². The zero-order chi connectivity index (χ0) is 14.3. The van der Waals surface area contributed by atoms with Crippen molar-refractivity contribution in [1.82, 2.24) is 4.98 Å². The second-order valence-corrected chi connectivity index (χ2v) is 5.26. The highest BCUT2D eigenvalue weighted by molar-refractivity contribution is 7.80. The number of aromatic amines is 1. The fourth-order valence-electron chi connectivity index (χ4n) is 2.43. The Morgan fingerprint density at radius 2 is 2.00 bits per heavy atom. The Kier molecular flexibility index (Phi) is 2.95. The molecule has 20 heavy (non-hydrogen) atoms. The van der Waals surface area contributed by atoms with Crippen LogP contribution in [0, 0.1) is 6.92 Å². The van der Waals surface area contributed by atoms with Gasteiger partial charge in [0.25, 0.3) is 0 Å². The van der Waals surface area contributed by atoms with Crippen LogP contribution < -0.4 is 5.73 Å². The van der Waals surface area contributed by atoms with Crippen LogP contribution in [0.1, 0.15) is 11.3 Å². The maximum Gasteiger partial charge on any atom is 0.139 e. The summed E-state index contributed by atoms with van der Waals surface area (Å²) < 4.78 is 0. The minimum absolute atomic E-state index is 0.252. The number of hydrogen-bond donors (Lipinski definition) is 3. The van der Waals surface area contributed by atoms with Gasteiger partial charge in [-0.1, -0.05) is 30.4 Å². The Hall–Kier alpha value is -2.33. The molecule has 0 aliphatic carbocycles. The number of benzene rings is 2. The van der Waals surface area contributed by atoms with E-state index in [1.54, 1.807) is 6.07 Å². The van der Waals surface area contributed by atoms with Crippen LogP contribution in [0.25, 0.3) is 22.0 Å². The van der Waals surface area contributed by atoms with Crippen LogP contribution in [0.15, 0.2) is 42.5 Å². The number of H-pyrrole nitrogens is 1. The van der Waals surface area contributed by atoms with Gasteiger partial charge in [-0.15, -0.1) is 0 Å². The van der Waals surface area contributed by atoms with Crippen LogP contribution in [0.4, 0.5) is 0 Å². The molecule has 3 nitrogen and oxygen atoms in total. The summed E-state index contributed by atoms with van der Waals surface area (Å²) in [5.74, 6) is 0.252. The molecule has 0 atom stereocenters. The van der Waals surface area contributed by atoms with Crippen LogP contribution in [0.3, 0.4) is 0 Å². The topological polar surface area (TPSA) is 62.0 Å². The molecular weight excluding hydrogens is 268 g/mol. The standard InChI is InChI=1S/C16H14N2OS/c1-9-7-13-12(5-6-14(19)15(13)18-9)10-3-2-4-11(8-10)16(17)20/h2-8,18-19H,1H3,(H2,17,20). The van der Waals surface area contributed by atoms with E-state index in [1.165, 1.54) is 0 Å². The summed E-state index contributed by atoms with van der Waals surface area (Å²) in [6.07, 6.45) is 0. The number of thiocarbonyl (C=S) groups is 1. The Balaban J connectivity index is 2.27. The van der Waals surface area contributed by atoms with E-state index >= 15 is 0 Å². The van der Waals surface area contributed by atoms with Crippen LogP contribution in [-0.4, -0.2) is 15.1 Å². The summed E-state index contributed by atoms with van der Waals surface area (Å²) in [5, 5.41) is 10.9. The van der Waals surface area contributed by atoms with Crippen LogP contribution in [-0.2, 0) is 0 Å². The average Bonchev–Trinajstić information content (AvgIpc) is 2.82. The first-order valence-corrected chi connectivity index (χ1v) is 6.68. The SMILES string of the molecule is Cc1cc2c(-c3cccc(C(N)=S)c3)ccc(O)c2[nH]1. The minimum atomic E-state index is 0.252. The molecule has 0 aliphatic heterocycles. The number of fused-ring (bicyclic) bond motifs is 1. The zero-order valence-electron chi connectivity index (χ0n) is 11.0. The third kappa shape index (κ3) is 2.04. The van der Waals surface area contributed by atoms with E-state index in [1.807, 2.05) is 43.3 Å². The quantitative estimate of drug-likeness (QED) is 0.631. The molecular formula is C16H14N2OS. The van der Waals surface area contributed by atoms with Crippen molar-refractivity contribution in [2.75, 3.05) is 0 Å². The summed E-state index contributed by atoms with van der Waals surface area (Å²) in [6, 6.07) is 13.4. The van der Waals surface area contributed by atoms with E-state index in [9.17, 15) is 5.11 Å². The van der Waals surface area contributed by atoms with Crippen LogP contribution in [0.5, 0.6) is 5.75 Å². The van der Waals surface area contributed by atoms with Gasteiger partial charge in [0.15, 0.2) is 0 Å². The van der Waals surface area contributed by atoms with Gasteiger partial charge in [-0.05, 0) is 42.3 Å². The van der Waals surface area contributed by atoms with Crippen molar-refractivity contribution < 1.29 is 5.11 Å². The Bertz CT molecular complexity index is 820. The van der Waals surface area contributed by atoms with E-state index in [0.29, 0.717) is 4.99 Å². The maximum atomic E-state index is 9.93. The van der Waals surface area contributed by atoms with Crippen molar-refractivity contribution in [2.45, 2.75) is 6.92 Å². The fourth-order valence-corrected chi connectivity index (χ4v) is 2.56. The summed E-state index contributed by atoms with van der Waals surface area (Å²) in [4.78, 5) is 3.56. The first kappa shape index (κ1) is 12.7. The molecule has 4 N–H and O–H groups in total. The molecule has 0 saturated carbocycles. The highest BCUT2D eigenvalue weighted by Gasteiger charge is 2.10.